The summed E-state index contributed by atoms with van der Waals surface area (Å²) in [7, 11) is 0. The number of rotatable bonds is 3. The van der Waals surface area contributed by atoms with Crippen LogP contribution in [0.15, 0.2) is 10.7 Å². The van der Waals surface area contributed by atoms with Crippen LogP contribution in [0.5, 0.6) is 0 Å². The molecule has 0 amide bonds. The van der Waals surface area contributed by atoms with Gasteiger partial charge in [-0.3, -0.25) is 0 Å². The Kier molecular flexibility index (Phi) is 4.67. The average Bonchev–Trinajstić information content (AvgIpc) is 2.88. The molecule has 0 radical (unpaired) electrons. The van der Waals surface area contributed by atoms with Crippen LogP contribution in [0.3, 0.4) is 0 Å². The average molecular weight is 402 g/mol. The lowest BCUT2D eigenvalue weighted by Crippen LogP contribution is -2.23. The maximum atomic E-state index is 12.9. The Morgan fingerprint density at radius 3 is 2.67 bits per heavy atom. The van der Waals surface area contributed by atoms with Gasteiger partial charge in [0.2, 0.25) is 5.82 Å². The minimum absolute atomic E-state index is 0.234. The molecule has 128 valence electrons. The van der Waals surface area contributed by atoms with Gasteiger partial charge in [0.15, 0.2) is 0 Å². The molecule has 0 atom stereocenters. The van der Waals surface area contributed by atoms with E-state index in [1.54, 1.807) is 6.07 Å². The van der Waals surface area contributed by atoms with Gasteiger partial charge in [-0.25, -0.2) is 9.97 Å². The molecule has 1 saturated carbocycles. The van der Waals surface area contributed by atoms with Crippen molar-refractivity contribution in [2.75, 3.05) is 5.32 Å². The van der Waals surface area contributed by atoms with Crippen LogP contribution in [0.1, 0.15) is 37.9 Å². The van der Waals surface area contributed by atoms with E-state index in [-0.39, 0.29) is 22.9 Å². The summed E-state index contributed by atoms with van der Waals surface area (Å²) in [6.07, 6.45) is 2.44. The number of hydrogen-bond acceptors (Lipinski definition) is 4. The zero-order valence-electron chi connectivity index (χ0n) is 12.7. The normalized spacial score (nSPS) is 16.3. The Labute approximate surface area is 145 Å². The number of nitrogens with one attached hydrogen (secondary N) is 1. The minimum atomic E-state index is -4.45. The van der Waals surface area contributed by atoms with Gasteiger partial charge in [0, 0.05) is 6.04 Å². The molecule has 2 aromatic rings. The number of halogens is 4. The molecule has 3 rings (SSSR count). The highest BCUT2D eigenvalue weighted by Gasteiger charge is 2.31. The lowest BCUT2D eigenvalue weighted by atomic mass is 9.95. The van der Waals surface area contributed by atoms with Gasteiger partial charge < -0.3 is 9.88 Å². The molecule has 24 heavy (non-hydrogen) atoms. The molecule has 1 fully saturated rings. The zero-order chi connectivity index (χ0) is 17.3. The summed E-state index contributed by atoms with van der Waals surface area (Å²) in [6, 6.07) is 1.98. The molecular formula is C15H15BrF3N5. The third kappa shape index (κ3) is 3.48. The molecule has 0 aromatic carbocycles. The van der Waals surface area contributed by atoms with Gasteiger partial charge in [-0.1, -0.05) is 19.3 Å². The van der Waals surface area contributed by atoms with E-state index >= 15 is 0 Å². The molecule has 1 aliphatic rings. The maximum absolute atomic E-state index is 12.9. The fourth-order valence-electron chi connectivity index (χ4n) is 3.05. The first-order valence-corrected chi connectivity index (χ1v) is 8.46. The molecule has 0 aliphatic heterocycles. The molecule has 0 unspecified atom stereocenters. The van der Waals surface area contributed by atoms with Crippen molar-refractivity contribution in [2.24, 2.45) is 0 Å². The summed E-state index contributed by atoms with van der Waals surface area (Å²) in [5, 5.41) is 12.4. The van der Waals surface area contributed by atoms with Gasteiger partial charge in [0.25, 0.3) is 0 Å². The third-order valence-electron chi connectivity index (χ3n) is 4.11. The van der Waals surface area contributed by atoms with Gasteiger partial charge >= 0.3 is 6.18 Å². The van der Waals surface area contributed by atoms with E-state index < -0.39 is 12.7 Å². The van der Waals surface area contributed by atoms with E-state index in [1.165, 1.54) is 12.6 Å². The van der Waals surface area contributed by atoms with Crippen LogP contribution in [0, 0.1) is 11.3 Å². The number of anilines is 1. The van der Waals surface area contributed by atoms with Crippen molar-refractivity contribution in [3.05, 3.63) is 16.5 Å². The standard InChI is InChI=1S/C15H15BrF3N5/c16-12-13-10(23-11(6-20)24(13)8-15(17,18)19)7-21-14(12)22-9-4-2-1-3-5-9/h7,9H,1-5,8H2,(H,21,22). The highest BCUT2D eigenvalue weighted by Crippen LogP contribution is 2.33. The van der Waals surface area contributed by atoms with E-state index in [0.717, 1.165) is 30.3 Å². The van der Waals surface area contributed by atoms with Crippen LogP contribution in [0.2, 0.25) is 0 Å². The maximum Gasteiger partial charge on any atom is 0.406 e. The Hall–Kier alpha value is -1.82. The number of fused-ring (bicyclic) bond motifs is 1. The molecular weight excluding hydrogens is 387 g/mol. The van der Waals surface area contributed by atoms with E-state index in [9.17, 15) is 13.2 Å². The molecule has 5 nitrogen and oxygen atoms in total. The topological polar surface area (TPSA) is 66.5 Å². The van der Waals surface area contributed by atoms with Gasteiger partial charge in [-0.2, -0.15) is 18.4 Å². The number of alkyl halides is 3. The van der Waals surface area contributed by atoms with Gasteiger partial charge in [-0.05, 0) is 28.8 Å². The second kappa shape index (κ2) is 6.59. The van der Waals surface area contributed by atoms with Crippen molar-refractivity contribution in [1.82, 2.24) is 14.5 Å². The molecule has 2 heterocycles. The van der Waals surface area contributed by atoms with Crippen molar-refractivity contribution in [3.8, 4) is 6.07 Å². The monoisotopic (exact) mass is 401 g/mol. The lowest BCUT2D eigenvalue weighted by Gasteiger charge is -2.24. The second-order valence-corrected chi connectivity index (χ2v) is 6.68. The summed E-state index contributed by atoms with van der Waals surface area (Å²) in [5.41, 5.74) is 0.494. The van der Waals surface area contributed by atoms with Crippen LogP contribution in [0.4, 0.5) is 19.0 Å². The highest BCUT2D eigenvalue weighted by molar-refractivity contribution is 9.10. The van der Waals surface area contributed by atoms with E-state index in [1.807, 2.05) is 0 Å². The van der Waals surface area contributed by atoms with Gasteiger partial charge in [0.05, 0.1) is 16.2 Å². The van der Waals surface area contributed by atoms with E-state index in [2.05, 4.69) is 31.2 Å². The Morgan fingerprint density at radius 1 is 1.33 bits per heavy atom. The summed E-state index contributed by atoms with van der Waals surface area (Å²) in [6.45, 7) is -1.27. The van der Waals surface area contributed by atoms with E-state index in [0.29, 0.717) is 10.3 Å². The molecule has 0 bridgehead atoms. The first kappa shape index (κ1) is 17.0. The largest absolute Gasteiger partial charge is 0.406 e. The van der Waals surface area contributed by atoms with Gasteiger partial charge in [0.1, 0.15) is 23.9 Å². The van der Waals surface area contributed by atoms with Crippen molar-refractivity contribution in [2.45, 2.75) is 50.9 Å². The number of imidazole rings is 1. The van der Waals surface area contributed by atoms with Crippen LogP contribution >= 0.6 is 15.9 Å². The van der Waals surface area contributed by atoms with Crippen molar-refractivity contribution < 1.29 is 13.2 Å². The van der Waals surface area contributed by atoms with Crippen LogP contribution in [-0.2, 0) is 6.54 Å². The predicted molar refractivity (Wildman–Crippen MR) is 86.5 cm³/mol. The molecule has 2 aromatic heterocycles. The molecule has 1 aliphatic carbocycles. The molecule has 0 saturated heterocycles. The first-order valence-electron chi connectivity index (χ1n) is 7.67. The molecule has 1 N–H and O–H groups in total. The number of nitriles is 1. The number of hydrogen-bond donors (Lipinski definition) is 1. The lowest BCUT2D eigenvalue weighted by molar-refractivity contribution is -0.140. The second-order valence-electron chi connectivity index (χ2n) is 5.88. The zero-order valence-corrected chi connectivity index (χ0v) is 14.3. The first-order chi connectivity index (χ1) is 11.4. The summed E-state index contributed by atoms with van der Waals surface area (Å²) < 4.78 is 39.9. The van der Waals surface area contributed by atoms with Crippen LogP contribution < -0.4 is 5.32 Å². The summed E-state index contributed by atoms with van der Waals surface area (Å²) in [5.74, 6) is 0.210. The smallest absolute Gasteiger partial charge is 0.366 e. The van der Waals surface area contributed by atoms with Gasteiger partial charge in [-0.15, -0.1) is 0 Å². The fourth-order valence-corrected chi connectivity index (χ4v) is 3.68. The Bertz CT molecular complexity index is 787. The summed E-state index contributed by atoms with van der Waals surface area (Å²) >= 11 is 3.35. The summed E-state index contributed by atoms with van der Waals surface area (Å²) in [4.78, 5) is 8.21. The molecule has 9 heteroatoms. The van der Waals surface area contributed by atoms with Crippen molar-refractivity contribution >= 4 is 32.8 Å². The highest BCUT2D eigenvalue weighted by atomic mass is 79.9. The number of nitrogens with zero attached hydrogens (tertiary/aromatic N) is 4. The van der Waals surface area contributed by atoms with Crippen molar-refractivity contribution in [1.29, 1.82) is 5.26 Å². The van der Waals surface area contributed by atoms with E-state index in [4.69, 9.17) is 5.26 Å². The number of pyridine rings is 1. The van der Waals surface area contributed by atoms with Crippen LogP contribution in [0.25, 0.3) is 11.0 Å². The SMILES string of the molecule is N#Cc1nc2cnc(NC3CCCCC3)c(Br)c2n1CC(F)(F)F. The minimum Gasteiger partial charge on any atom is -0.366 e. The van der Waals surface area contributed by atoms with Crippen LogP contribution in [-0.4, -0.2) is 26.8 Å². The Balaban J connectivity index is 2.03. The quantitative estimate of drug-likeness (QED) is 0.828. The van der Waals surface area contributed by atoms with Crippen molar-refractivity contribution in [3.63, 3.8) is 0 Å². The number of aromatic nitrogens is 3. The fraction of sp³-hybridized carbons (Fsp3) is 0.533. The molecule has 0 spiro atoms. The Morgan fingerprint density at radius 2 is 2.04 bits per heavy atom. The third-order valence-corrected chi connectivity index (χ3v) is 4.86. The predicted octanol–water partition coefficient (Wildman–Crippen LogP) is 4.37.